The van der Waals surface area contributed by atoms with E-state index in [9.17, 15) is 0 Å². The predicted molar refractivity (Wildman–Crippen MR) is 134 cm³/mol. The average molecular weight is 442 g/mol. The lowest BCUT2D eigenvalue weighted by molar-refractivity contribution is -0.0232. The van der Waals surface area contributed by atoms with Crippen molar-refractivity contribution in [1.82, 2.24) is 14.7 Å². The molecule has 0 radical (unpaired) electrons. The van der Waals surface area contributed by atoms with Crippen LogP contribution in [0, 0.1) is 11.8 Å². The van der Waals surface area contributed by atoms with Gasteiger partial charge in [-0.05, 0) is 78.9 Å². The number of piperidine rings is 1. The summed E-state index contributed by atoms with van der Waals surface area (Å²) in [5.74, 6) is 1.58. The molecule has 0 N–H and O–H groups in total. The van der Waals surface area contributed by atoms with Gasteiger partial charge in [0, 0.05) is 38.3 Å². The first-order valence-electron chi connectivity index (χ1n) is 13.0. The van der Waals surface area contributed by atoms with Gasteiger partial charge in [-0.2, -0.15) is 0 Å². The molecule has 0 spiro atoms. The van der Waals surface area contributed by atoms with Crippen LogP contribution < -0.4 is 0 Å². The molecule has 3 heterocycles. The Hall–Kier alpha value is -0.200. The number of ether oxygens (including phenoxy) is 2. The molecule has 5 nitrogen and oxygen atoms in total. The summed E-state index contributed by atoms with van der Waals surface area (Å²) in [7, 11) is 2.17. The van der Waals surface area contributed by atoms with E-state index in [0.717, 1.165) is 44.2 Å². The predicted octanol–water partition coefficient (Wildman–Crippen LogP) is 4.61. The Bertz CT molecular complexity index is 426. The Morgan fingerprint density at radius 3 is 1.45 bits per heavy atom. The van der Waals surface area contributed by atoms with E-state index < -0.39 is 0 Å². The van der Waals surface area contributed by atoms with Gasteiger partial charge in [-0.25, -0.2) is 0 Å². The molecule has 0 bridgehead atoms. The van der Waals surface area contributed by atoms with Crippen molar-refractivity contribution in [2.45, 2.75) is 98.9 Å². The topological polar surface area (TPSA) is 28.2 Å². The first-order chi connectivity index (χ1) is 14.6. The summed E-state index contributed by atoms with van der Waals surface area (Å²) in [6.07, 6.45) is 4.73. The van der Waals surface area contributed by atoms with Crippen LogP contribution in [0.15, 0.2) is 0 Å². The van der Waals surface area contributed by atoms with E-state index in [2.05, 4.69) is 77.1 Å². The minimum atomic E-state index is 0.392. The van der Waals surface area contributed by atoms with Gasteiger partial charge in [0.1, 0.15) is 0 Å². The second-order valence-corrected chi connectivity index (χ2v) is 10.7. The molecule has 5 heteroatoms. The van der Waals surface area contributed by atoms with Crippen molar-refractivity contribution in [2.24, 2.45) is 11.8 Å². The lowest BCUT2D eigenvalue weighted by Crippen LogP contribution is -2.45. The van der Waals surface area contributed by atoms with Crippen LogP contribution in [0.25, 0.3) is 0 Å². The largest absolute Gasteiger partial charge is 0.379 e. The molecular weight excluding hydrogens is 386 g/mol. The van der Waals surface area contributed by atoms with Gasteiger partial charge in [0.15, 0.2) is 0 Å². The highest BCUT2D eigenvalue weighted by Crippen LogP contribution is 2.16. The third-order valence-electron chi connectivity index (χ3n) is 7.15. The average Bonchev–Trinajstić information content (AvgIpc) is 2.69. The molecule has 3 fully saturated rings. The van der Waals surface area contributed by atoms with Gasteiger partial charge in [0.25, 0.3) is 0 Å². The molecule has 2 atom stereocenters. The third-order valence-corrected chi connectivity index (χ3v) is 7.15. The summed E-state index contributed by atoms with van der Waals surface area (Å²) in [6, 6.07) is 1.51. The first-order valence-corrected chi connectivity index (χ1v) is 13.0. The van der Waals surface area contributed by atoms with Crippen LogP contribution in [0.4, 0.5) is 0 Å². The van der Waals surface area contributed by atoms with Gasteiger partial charge in [0.2, 0.25) is 0 Å². The van der Waals surface area contributed by atoms with E-state index in [1.807, 2.05) is 0 Å². The molecule has 0 aromatic heterocycles. The van der Waals surface area contributed by atoms with Crippen LogP contribution in [0.1, 0.15) is 74.7 Å². The van der Waals surface area contributed by atoms with Crippen LogP contribution in [0.5, 0.6) is 0 Å². The molecule has 3 aliphatic heterocycles. The normalized spacial score (nSPS) is 23.6. The Morgan fingerprint density at radius 1 is 0.677 bits per heavy atom. The molecule has 0 saturated carbocycles. The van der Waals surface area contributed by atoms with Gasteiger partial charge in [-0.1, -0.05) is 27.7 Å². The fourth-order valence-corrected chi connectivity index (χ4v) is 4.08. The van der Waals surface area contributed by atoms with Crippen LogP contribution in [-0.2, 0) is 9.47 Å². The molecule has 31 heavy (non-hydrogen) atoms. The molecule has 0 aromatic rings. The monoisotopic (exact) mass is 441 g/mol. The molecule has 2 unspecified atom stereocenters. The maximum absolute atomic E-state index is 5.71. The van der Waals surface area contributed by atoms with Crippen LogP contribution in [-0.4, -0.2) is 98.5 Å². The van der Waals surface area contributed by atoms with Gasteiger partial charge in [0.05, 0.1) is 25.4 Å². The second-order valence-electron chi connectivity index (χ2n) is 10.7. The molecule has 3 aliphatic rings. The van der Waals surface area contributed by atoms with Crippen molar-refractivity contribution in [3.8, 4) is 0 Å². The highest BCUT2D eigenvalue weighted by molar-refractivity contribution is 4.77. The van der Waals surface area contributed by atoms with Crippen molar-refractivity contribution >= 4 is 0 Å². The van der Waals surface area contributed by atoms with E-state index in [1.165, 1.54) is 45.4 Å². The molecule has 3 rings (SSSR count). The fraction of sp³-hybridized carbons (Fsp3) is 1.00. The zero-order chi connectivity index (χ0) is 23.4. The number of rotatable bonds is 6. The Kier molecular flexibility index (Phi) is 14.5. The second kappa shape index (κ2) is 15.6. The van der Waals surface area contributed by atoms with Crippen molar-refractivity contribution in [3.63, 3.8) is 0 Å². The SMILES string of the molecule is CC(C)C(C)N1CCC1.CC(C)C(C)N1CCOCC1.CC(C)OC1CCN(C)CC1. The molecular formula is C26H55N3O2. The van der Waals surface area contributed by atoms with E-state index in [0.29, 0.717) is 18.2 Å². The summed E-state index contributed by atoms with van der Waals surface area (Å²) in [6.45, 7) is 27.1. The van der Waals surface area contributed by atoms with Gasteiger partial charge in [-0.15, -0.1) is 0 Å². The lowest BCUT2D eigenvalue weighted by Gasteiger charge is -2.38. The van der Waals surface area contributed by atoms with Crippen molar-refractivity contribution in [3.05, 3.63) is 0 Å². The summed E-state index contributed by atoms with van der Waals surface area (Å²) in [5.41, 5.74) is 0. The molecule has 0 amide bonds. The maximum Gasteiger partial charge on any atom is 0.0603 e. The van der Waals surface area contributed by atoms with Crippen molar-refractivity contribution < 1.29 is 9.47 Å². The summed E-state index contributed by atoms with van der Waals surface area (Å²) in [5, 5.41) is 0. The maximum atomic E-state index is 5.71. The van der Waals surface area contributed by atoms with Gasteiger partial charge >= 0.3 is 0 Å². The Labute approximate surface area is 194 Å². The quantitative estimate of drug-likeness (QED) is 0.600. The van der Waals surface area contributed by atoms with Crippen molar-refractivity contribution in [2.75, 3.05) is 59.5 Å². The van der Waals surface area contributed by atoms with Gasteiger partial charge in [-0.3, -0.25) is 4.90 Å². The minimum absolute atomic E-state index is 0.392. The molecule has 0 aromatic carbocycles. The standard InChI is InChI=1S/2C9H19NO.C8H17N/c1-8(2)11-9-4-6-10(3)7-5-9;1-8(2)9(3)10-4-6-11-7-5-10;1-7(2)8(3)9-5-4-6-9/h2*8-9H,4-7H2,1-3H3;7-8H,4-6H2,1-3H3. The Morgan fingerprint density at radius 2 is 1.13 bits per heavy atom. The van der Waals surface area contributed by atoms with E-state index in [1.54, 1.807) is 0 Å². The number of nitrogens with zero attached hydrogens (tertiary/aromatic N) is 3. The lowest BCUT2D eigenvalue weighted by atomic mass is 10.0. The summed E-state index contributed by atoms with van der Waals surface area (Å²) < 4.78 is 11.0. The van der Waals surface area contributed by atoms with Crippen LogP contribution in [0.2, 0.25) is 0 Å². The number of hydrogen-bond acceptors (Lipinski definition) is 5. The first kappa shape index (κ1) is 28.8. The Balaban J connectivity index is 0.000000234. The smallest absolute Gasteiger partial charge is 0.0603 e. The van der Waals surface area contributed by atoms with E-state index in [-0.39, 0.29) is 0 Å². The molecule has 186 valence electrons. The highest BCUT2D eigenvalue weighted by atomic mass is 16.5. The van der Waals surface area contributed by atoms with Crippen LogP contribution >= 0.6 is 0 Å². The van der Waals surface area contributed by atoms with Crippen molar-refractivity contribution in [1.29, 1.82) is 0 Å². The number of hydrogen-bond donors (Lipinski definition) is 0. The fourth-order valence-electron chi connectivity index (χ4n) is 4.08. The number of likely N-dealkylation sites (tertiary alicyclic amines) is 2. The third kappa shape index (κ3) is 12.0. The summed E-state index contributed by atoms with van der Waals surface area (Å²) in [4.78, 5) is 7.42. The van der Waals surface area contributed by atoms with E-state index >= 15 is 0 Å². The summed E-state index contributed by atoms with van der Waals surface area (Å²) >= 11 is 0. The zero-order valence-electron chi connectivity index (χ0n) is 22.4. The van der Waals surface area contributed by atoms with E-state index in [4.69, 9.17) is 9.47 Å². The zero-order valence-corrected chi connectivity index (χ0v) is 22.4. The minimum Gasteiger partial charge on any atom is -0.379 e. The highest BCUT2D eigenvalue weighted by Gasteiger charge is 2.22. The van der Waals surface area contributed by atoms with Crippen LogP contribution in [0.3, 0.4) is 0 Å². The molecule has 0 aliphatic carbocycles. The molecule has 3 saturated heterocycles. The number of morpholine rings is 1. The van der Waals surface area contributed by atoms with Gasteiger partial charge < -0.3 is 19.3 Å².